The van der Waals surface area contributed by atoms with E-state index in [9.17, 15) is 4.79 Å². The third-order valence-electron chi connectivity index (χ3n) is 3.70. The Morgan fingerprint density at radius 3 is 2.33 bits per heavy atom. The summed E-state index contributed by atoms with van der Waals surface area (Å²) in [6, 6.07) is 6.15. The van der Waals surface area contributed by atoms with E-state index >= 15 is 0 Å². The van der Waals surface area contributed by atoms with Crippen LogP contribution in [-0.4, -0.2) is 13.0 Å². The summed E-state index contributed by atoms with van der Waals surface area (Å²) >= 11 is 0. The lowest BCUT2D eigenvalue weighted by Gasteiger charge is -2.22. The molecule has 0 fully saturated rings. The molecular weight excluding hydrogens is 222 g/mol. The first-order valence-electron chi connectivity index (χ1n) is 6.80. The van der Waals surface area contributed by atoms with E-state index in [2.05, 4.69) is 39.8 Å². The molecule has 1 rings (SSSR count). The lowest BCUT2D eigenvalue weighted by Crippen LogP contribution is -2.27. The van der Waals surface area contributed by atoms with Crippen molar-refractivity contribution in [2.45, 2.75) is 47.0 Å². The van der Waals surface area contributed by atoms with Crippen molar-refractivity contribution in [3.8, 4) is 0 Å². The van der Waals surface area contributed by atoms with Crippen molar-refractivity contribution >= 4 is 11.6 Å². The number of carbonyl (C=O) groups is 1. The van der Waals surface area contributed by atoms with Gasteiger partial charge >= 0.3 is 0 Å². The van der Waals surface area contributed by atoms with Crippen LogP contribution < -0.4 is 4.90 Å². The maximum absolute atomic E-state index is 12.2. The predicted octanol–water partition coefficient (Wildman–Crippen LogP) is 4.09. The summed E-state index contributed by atoms with van der Waals surface area (Å²) in [4.78, 5) is 14.0. The first kappa shape index (κ1) is 14.7. The van der Waals surface area contributed by atoms with Crippen LogP contribution in [-0.2, 0) is 4.79 Å². The minimum absolute atomic E-state index is 0.215. The monoisotopic (exact) mass is 247 g/mol. The van der Waals surface area contributed by atoms with Crippen LogP contribution in [0.1, 0.15) is 44.2 Å². The van der Waals surface area contributed by atoms with Crippen molar-refractivity contribution in [3.63, 3.8) is 0 Å². The number of hydrogen-bond donors (Lipinski definition) is 0. The van der Waals surface area contributed by atoms with Crippen molar-refractivity contribution in [1.29, 1.82) is 0 Å². The van der Waals surface area contributed by atoms with Gasteiger partial charge in [0.25, 0.3) is 0 Å². The van der Waals surface area contributed by atoms with Crippen LogP contribution in [0.2, 0.25) is 0 Å². The van der Waals surface area contributed by atoms with E-state index in [1.54, 1.807) is 0 Å². The number of aryl methyl sites for hydroxylation is 2. The van der Waals surface area contributed by atoms with E-state index < -0.39 is 0 Å². The topological polar surface area (TPSA) is 20.3 Å². The van der Waals surface area contributed by atoms with E-state index in [1.165, 1.54) is 0 Å². The van der Waals surface area contributed by atoms with E-state index in [-0.39, 0.29) is 5.91 Å². The Bertz CT molecular complexity index is 391. The molecule has 100 valence electrons. The van der Waals surface area contributed by atoms with Gasteiger partial charge in [-0.3, -0.25) is 4.79 Å². The molecule has 1 unspecified atom stereocenters. The number of carbonyl (C=O) groups excluding carboxylic acids is 1. The van der Waals surface area contributed by atoms with Crippen LogP contribution in [0, 0.1) is 19.8 Å². The molecule has 0 radical (unpaired) electrons. The summed E-state index contributed by atoms with van der Waals surface area (Å²) in [5.74, 6) is 0.841. The van der Waals surface area contributed by atoms with Gasteiger partial charge in [-0.2, -0.15) is 0 Å². The molecule has 0 aliphatic carbocycles. The van der Waals surface area contributed by atoms with Crippen molar-refractivity contribution in [2.24, 2.45) is 5.92 Å². The summed E-state index contributed by atoms with van der Waals surface area (Å²) in [5, 5.41) is 0. The number of nitrogens with zero attached hydrogens (tertiary/aromatic N) is 1. The Morgan fingerprint density at radius 1 is 1.28 bits per heavy atom. The lowest BCUT2D eigenvalue weighted by atomic mass is 10.0. The molecule has 18 heavy (non-hydrogen) atoms. The van der Waals surface area contributed by atoms with Crippen molar-refractivity contribution in [1.82, 2.24) is 0 Å². The first-order valence-corrected chi connectivity index (χ1v) is 6.80. The van der Waals surface area contributed by atoms with Gasteiger partial charge in [-0.25, -0.2) is 0 Å². The molecule has 1 aromatic rings. The second kappa shape index (κ2) is 6.58. The standard InChI is InChI=1S/C16H25NO/c1-6-12(2)10-11-15(18)17(5)16-13(3)8-7-9-14(16)4/h7-9,12H,6,10-11H2,1-5H3. The van der Waals surface area contributed by atoms with Crippen LogP contribution >= 0.6 is 0 Å². The van der Waals surface area contributed by atoms with E-state index in [1.807, 2.05) is 18.0 Å². The fourth-order valence-electron chi connectivity index (χ4n) is 2.20. The van der Waals surface area contributed by atoms with Crippen LogP contribution in [0.4, 0.5) is 5.69 Å². The van der Waals surface area contributed by atoms with Crippen LogP contribution in [0.15, 0.2) is 18.2 Å². The minimum Gasteiger partial charge on any atom is -0.315 e. The van der Waals surface area contributed by atoms with Gasteiger partial charge in [0.2, 0.25) is 5.91 Å². The minimum atomic E-state index is 0.215. The fraction of sp³-hybridized carbons (Fsp3) is 0.562. The summed E-state index contributed by atoms with van der Waals surface area (Å²) < 4.78 is 0. The van der Waals surface area contributed by atoms with Crippen molar-refractivity contribution in [3.05, 3.63) is 29.3 Å². The molecule has 2 heteroatoms. The Balaban J connectivity index is 2.75. The zero-order valence-electron chi connectivity index (χ0n) is 12.3. The lowest BCUT2D eigenvalue weighted by molar-refractivity contribution is -0.118. The molecule has 0 aromatic heterocycles. The highest BCUT2D eigenvalue weighted by atomic mass is 16.2. The average molecular weight is 247 g/mol. The quantitative estimate of drug-likeness (QED) is 0.767. The van der Waals surface area contributed by atoms with Crippen LogP contribution in [0.5, 0.6) is 0 Å². The molecule has 1 amide bonds. The van der Waals surface area contributed by atoms with Gasteiger partial charge in [-0.05, 0) is 37.3 Å². The molecule has 0 aliphatic heterocycles. The number of para-hydroxylation sites is 1. The second-order valence-electron chi connectivity index (χ2n) is 5.25. The summed E-state index contributed by atoms with van der Waals surface area (Å²) in [5.41, 5.74) is 3.38. The summed E-state index contributed by atoms with van der Waals surface area (Å²) in [7, 11) is 1.88. The number of hydrogen-bond acceptors (Lipinski definition) is 1. The zero-order valence-corrected chi connectivity index (χ0v) is 12.3. The molecular formula is C16H25NO. The highest BCUT2D eigenvalue weighted by Gasteiger charge is 2.15. The second-order valence-corrected chi connectivity index (χ2v) is 5.25. The SMILES string of the molecule is CCC(C)CCC(=O)N(C)c1c(C)cccc1C. The highest BCUT2D eigenvalue weighted by molar-refractivity contribution is 5.94. The van der Waals surface area contributed by atoms with Gasteiger partial charge in [0, 0.05) is 19.2 Å². The van der Waals surface area contributed by atoms with E-state index in [4.69, 9.17) is 0 Å². The summed E-state index contributed by atoms with van der Waals surface area (Å²) in [6.45, 7) is 8.48. The Kier molecular flexibility index (Phi) is 5.39. The van der Waals surface area contributed by atoms with Crippen LogP contribution in [0.25, 0.3) is 0 Å². The molecule has 0 heterocycles. The van der Waals surface area contributed by atoms with Gasteiger partial charge in [0.15, 0.2) is 0 Å². The van der Waals surface area contributed by atoms with E-state index in [0.717, 1.165) is 29.7 Å². The molecule has 0 aliphatic rings. The summed E-state index contributed by atoms with van der Waals surface area (Å²) in [6.07, 6.45) is 2.75. The number of rotatable bonds is 5. The maximum atomic E-state index is 12.2. The maximum Gasteiger partial charge on any atom is 0.226 e. The Morgan fingerprint density at radius 2 is 1.83 bits per heavy atom. The highest BCUT2D eigenvalue weighted by Crippen LogP contribution is 2.24. The molecule has 1 aromatic carbocycles. The zero-order chi connectivity index (χ0) is 13.7. The Labute approximate surface area is 111 Å². The van der Waals surface area contributed by atoms with Gasteiger partial charge in [0.05, 0.1) is 0 Å². The molecule has 1 atom stereocenters. The van der Waals surface area contributed by atoms with E-state index in [0.29, 0.717) is 12.3 Å². The smallest absolute Gasteiger partial charge is 0.226 e. The third-order valence-corrected chi connectivity index (χ3v) is 3.70. The Hall–Kier alpha value is -1.31. The van der Waals surface area contributed by atoms with Gasteiger partial charge in [0.1, 0.15) is 0 Å². The fourth-order valence-corrected chi connectivity index (χ4v) is 2.20. The largest absolute Gasteiger partial charge is 0.315 e. The van der Waals surface area contributed by atoms with Gasteiger partial charge in [-0.15, -0.1) is 0 Å². The number of anilines is 1. The average Bonchev–Trinajstić information content (AvgIpc) is 2.34. The molecule has 0 saturated carbocycles. The third kappa shape index (κ3) is 3.59. The predicted molar refractivity (Wildman–Crippen MR) is 78.0 cm³/mol. The first-order chi connectivity index (χ1) is 8.47. The number of amides is 1. The molecule has 0 N–H and O–H groups in total. The van der Waals surface area contributed by atoms with Gasteiger partial charge in [-0.1, -0.05) is 38.5 Å². The molecule has 0 spiro atoms. The number of benzene rings is 1. The van der Waals surface area contributed by atoms with Crippen LogP contribution in [0.3, 0.4) is 0 Å². The molecule has 2 nitrogen and oxygen atoms in total. The molecule has 0 saturated heterocycles. The van der Waals surface area contributed by atoms with Crippen molar-refractivity contribution in [2.75, 3.05) is 11.9 Å². The van der Waals surface area contributed by atoms with Crippen molar-refractivity contribution < 1.29 is 4.79 Å². The molecule has 0 bridgehead atoms. The normalized spacial score (nSPS) is 12.3. The van der Waals surface area contributed by atoms with Gasteiger partial charge < -0.3 is 4.90 Å².